The Morgan fingerprint density at radius 2 is 2.13 bits per heavy atom. The fourth-order valence-corrected chi connectivity index (χ4v) is 1.14. The Balaban J connectivity index is 2.94. The van der Waals surface area contributed by atoms with Crippen molar-refractivity contribution in [2.75, 3.05) is 0 Å². The summed E-state index contributed by atoms with van der Waals surface area (Å²) in [6.45, 7) is 3.37. The van der Waals surface area contributed by atoms with E-state index in [4.69, 9.17) is 10.00 Å². The van der Waals surface area contributed by atoms with E-state index in [0.717, 1.165) is 11.8 Å². The van der Waals surface area contributed by atoms with Gasteiger partial charge >= 0.3 is 0 Å². The van der Waals surface area contributed by atoms with Crippen LogP contribution in [0.5, 0.6) is 5.75 Å². The molecule has 1 aromatic carbocycles. The predicted octanol–water partition coefficient (Wildman–Crippen LogP) is 2.11. The van der Waals surface area contributed by atoms with Crippen molar-refractivity contribution < 1.29 is 9.53 Å². The maximum absolute atomic E-state index is 10.7. The topological polar surface area (TPSA) is 50.1 Å². The maximum atomic E-state index is 10.7. The lowest BCUT2D eigenvalue weighted by Gasteiger charge is -2.21. The van der Waals surface area contributed by atoms with Crippen LogP contribution in [0, 0.1) is 11.3 Å². The summed E-state index contributed by atoms with van der Waals surface area (Å²) in [5, 5.41) is 8.62. The smallest absolute Gasteiger partial charge is 0.162 e. The van der Waals surface area contributed by atoms with Gasteiger partial charge in [0.2, 0.25) is 0 Å². The molecule has 0 fully saturated rings. The van der Waals surface area contributed by atoms with Crippen LogP contribution in [-0.4, -0.2) is 11.9 Å². The van der Waals surface area contributed by atoms with Crippen LogP contribution in [-0.2, 0) is 11.2 Å². The van der Waals surface area contributed by atoms with Gasteiger partial charge in [-0.25, -0.2) is 0 Å². The van der Waals surface area contributed by atoms with Crippen molar-refractivity contribution in [1.29, 1.82) is 5.26 Å². The third-order valence-corrected chi connectivity index (χ3v) is 1.90. The molecule has 1 rings (SSSR count). The molecule has 0 bridgehead atoms. The Labute approximate surface area is 89.3 Å². The molecule has 0 spiro atoms. The van der Waals surface area contributed by atoms with E-state index >= 15 is 0 Å². The lowest BCUT2D eigenvalue weighted by molar-refractivity contribution is -0.119. The molecule has 0 amide bonds. The SMILES string of the molecule is CC(C)(C=O)Oc1ccccc1CC#N. The Morgan fingerprint density at radius 3 is 2.73 bits per heavy atom. The highest BCUT2D eigenvalue weighted by atomic mass is 16.5. The summed E-state index contributed by atoms with van der Waals surface area (Å²) in [5.41, 5.74) is -0.0547. The standard InChI is InChI=1S/C12H13NO2/c1-12(2,9-14)15-11-6-4-3-5-10(11)7-8-13/h3-6,9H,7H2,1-2H3. The van der Waals surface area contributed by atoms with E-state index in [2.05, 4.69) is 6.07 Å². The number of nitrogens with zero attached hydrogens (tertiary/aromatic N) is 1. The Morgan fingerprint density at radius 1 is 1.47 bits per heavy atom. The largest absolute Gasteiger partial charge is 0.480 e. The van der Waals surface area contributed by atoms with Gasteiger partial charge in [-0.1, -0.05) is 18.2 Å². The Bertz CT molecular complexity index is 391. The lowest BCUT2D eigenvalue weighted by Crippen LogP contribution is -2.30. The number of ether oxygens (including phenoxy) is 1. The number of hydrogen-bond acceptors (Lipinski definition) is 3. The highest BCUT2D eigenvalue weighted by molar-refractivity contribution is 5.62. The average Bonchev–Trinajstić information content (AvgIpc) is 2.21. The van der Waals surface area contributed by atoms with Gasteiger partial charge in [0.25, 0.3) is 0 Å². The first-order valence-corrected chi connectivity index (χ1v) is 4.69. The summed E-state index contributed by atoms with van der Waals surface area (Å²) in [6.07, 6.45) is 1.03. The number of rotatable bonds is 4. The summed E-state index contributed by atoms with van der Waals surface area (Å²) >= 11 is 0. The van der Waals surface area contributed by atoms with Gasteiger partial charge in [-0.2, -0.15) is 5.26 Å². The molecule has 0 radical (unpaired) electrons. The zero-order valence-electron chi connectivity index (χ0n) is 8.86. The average molecular weight is 203 g/mol. The van der Waals surface area contributed by atoms with Crippen molar-refractivity contribution >= 4 is 6.29 Å². The minimum absolute atomic E-state index is 0.283. The monoisotopic (exact) mass is 203 g/mol. The number of aldehydes is 1. The van der Waals surface area contributed by atoms with E-state index in [0.29, 0.717) is 5.75 Å². The first-order chi connectivity index (χ1) is 7.09. The van der Waals surface area contributed by atoms with Crippen molar-refractivity contribution in [3.8, 4) is 11.8 Å². The van der Waals surface area contributed by atoms with Crippen LogP contribution in [0.3, 0.4) is 0 Å². The van der Waals surface area contributed by atoms with Gasteiger partial charge in [0.1, 0.15) is 5.75 Å². The molecule has 3 heteroatoms. The molecule has 0 aromatic heterocycles. The van der Waals surface area contributed by atoms with Gasteiger partial charge in [-0.3, -0.25) is 4.79 Å². The summed E-state index contributed by atoms with van der Waals surface area (Å²) < 4.78 is 5.52. The molecule has 15 heavy (non-hydrogen) atoms. The van der Waals surface area contributed by atoms with E-state index < -0.39 is 5.60 Å². The summed E-state index contributed by atoms with van der Waals surface area (Å²) in [7, 11) is 0. The zero-order valence-corrected chi connectivity index (χ0v) is 8.86. The molecule has 3 nitrogen and oxygen atoms in total. The number of benzene rings is 1. The van der Waals surface area contributed by atoms with Crippen molar-refractivity contribution in [3.05, 3.63) is 29.8 Å². The van der Waals surface area contributed by atoms with Crippen LogP contribution in [0.25, 0.3) is 0 Å². The predicted molar refractivity (Wildman–Crippen MR) is 56.5 cm³/mol. The van der Waals surface area contributed by atoms with Crippen molar-refractivity contribution in [2.45, 2.75) is 25.9 Å². The van der Waals surface area contributed by atoms with Crippen molar-refractivity contribution in [2.24, 2.45) is 0 Å². The molecule has 0 N–H and O–H groups in total. The number of carbonyl (C=O) groups excluding carboxylic acids is 1. The molecule has 0 heterocycles. The number of nitriles is 1. The van der Waals surface area contributed by atoms with Gasteiger partial charge < -0.3 is 4.74 Å². The maximum Gasteiger partial charge on any atom is 0.162 e. The lowest BCUT2D eigenvalue weighted by atomic mass is 10.1. The molecule has 0 aliphatic heterocycles. The van der Waals surface area contributed by atoms with Crippen LogP contribution in [0.1, 0.15) is 19.4 Å². The second-order valence-electron chi connectivity index (χ2n) is 3.77. The van der Waals surface area contributed by atoms with Gasteiger partial charge in [0, 0.05) is 5.56 Å². The van der Waals surface area contributed by atoms with E-state index in [1.165, 1.54) is 0 Å². The first-order valence-electron chi connectivity index (χ1n) is 4.69. The third-order valence-electron chi connectivity index (χ3n) is 1.90. The zero-order chi connectivity index (χ0) is 11.3. The van der Waals surface area contributed by atoms with Crippen LogP contribution >= 0.6 is 0 Å². The van der Waals surface area contributed by atoms with Crippen LogP contribution in [0.15, 0.2) is 24.3 Å². The molecule has 0 unspecified atom stereocenters. The fourth-order valence-electron chi connectivity index (χ4n) is 1.14. The molecule has 0 saturated carbocycles. The molecule has 0 aliphatic carbocycles. The minimum Gasteiger partial charge on any atom is -0.480 e. The van der Waals surface area contributed by atoms with Crippen LogP contribution in [0.4, 0.5) is 0 Å². The first kappa shape index (κ1) is 11.3. The Kier molecular flexibility index (Phi) is 3.46. The van der Waals surface area contributed by atoms with Gasteiger partial charge in [-0.05, 0) is 19.9 Å². The number of carbonyl (C=O) groups is 1. The molecule has 78 valence electrons. The molecule has 1 aromatic rings. The van der Waals surface area contributed by atoms with Crippen LogP contribution in [0.2, 0.25) is 0 Å². The van der Waals surface area contributed by atoms with Crippen molar-refractivity contribution in [1.82, 2.24) is 0 Å². The normalized spacial score (nSPS) is 10.5. The van der Waals surface area contributed by atoms with Gasteiger partial charge in [-0.15, -0.1) is 0 Å². The molecular formula is C12H13NO2. The van der Waals surface area contributed by atoms with Crippen LogP contribution < -0.4 is 4.74 Å². The summed E-state index contributed by atoms with van der Waals surface area (Å²) in [5.74, 6) is 0.594. The van der Waals surface area contributed by atoms with Gasteiger partial charge in [0.15, 0.2) is 11.9 Å². The highest BCUT2D eigenvalue weighted by Gasteiger charge is 2.19. The second kappa shape index (κ2) is 4.61. The van der Waals surface area contributed by atoms with Crippen molar-refractivity contribution in [3.63, 3.8) is 0 Å². The van der Waals surface area contributed by atoms with E-state index in [-0.39, 0.29) is 6.42 Å². The molecule has 0 aliphatic rings. The molecular weight excluding hydrogens is 190 g/mol. The van der Waals surface area contributed by atoms with E-state index in [1.54, 1.807) is 19.9 Å². The second-order valence-corrected chi connectivity index (χ2v) is 3.77. The molecule has 0 atom stereocenters. The van der Waals surface area contributed by atoms with E-state index in [1.807, 2.05) is 18.2 Å². The van der Waals surface area contributed by atoms with Gasteiger partial charge in [0.05, 0.1) is 12.5 Å². The third kappa shape index (κ3) is 3.10. The molecule has 0 saturated heterocycles. The minimum atomic E-state index is -0.856. The quantitative estimate of drug-likeness (QED) is 0.704. The fraction of sp³-hybridized carbons (Fsp3) is 0.333. The summed E-state index contributed by atoms with van der Waals surface area (Å²) in [4.78, 5) is 10.7. The number of hydrogen-bond donors (Lipinski definition) is 0. The summed E-state index contributed by atoms with van der Waals surface area (Å²) in [6, 6.07) is 9.30. The van der Waals surface area contributed by atoms with E-state index in [9.17, 15) is 4.79 Å². The Hall–Kier alpha value is -1.82. The number of para-hydroxylation sites is 1. The highest BCUT2D eigenvalue weighted by Crippen LogP contribution is 2.22.